The first-order chi connectivity index (χ1) is 7.20. The van der Waals surface area contributed by atoms with Crippen molar-refractivity contribution in [3.63, 3.8) is 0 Å². The molecule has 4 heteroatoms. The molecule has 1 aliphatic rings. The molecule has 0 unspecified atom stereocenters. The first kappa shape index (κ1) is 9.94. The van der Waals surface area contributed by atoms with Gasteiger partial charge in [0.1, 0.15) is 18.2 Å². The van der Waals surface area contributed by atoms with Crippen LogP contribution in [-0.2, 0) is 6.54 Å². The number of fused-ring (bicyclic) bond motifs is 1. The third-order valence-electron chi connectivity index (χ3n) is 2.40. The fourth-order valence-electron chi connectivity index (χ4n) is 1.53. The van der Waals surface area contributed by atoms with Gasteiger partial charge < -0.3 is 10.1 Å². The largest absolute Gasteiger partial charge is 0.491 e. The second-order valence-electron chi connectivity index (χ2n) is 3.64. The zero-order valence-corrected chi connectivity index (χ0v) is 8.38. The lowest BCUT2D eigenvalue weighted by atomic mass is 10.1. The number of nitrogens with one attached hydrogen (secondary N) is 1. The van der Waals surface area contributed by atoms with Crippen LogP contribution in [0.4, 0.5) is 4.39 Å². The number of hydrogen-bond donors (Lipinski definition) is 1. The van der Waals surface area contributed by atoms with Crippen LogP contribution in [0.5, 0.6) is 5.75 Å². The molecule has 0 amide bonds. The summed E-state index contributed by atoms with van der Waals surface area (Å²) in [6, 6.07) is 4.91. The van der Waals surface area contributed by atoms with E-state index in [9.17, 15) is 4.39 Å². The summed E-state index contributed by atoms with van der Waals surface area (Å²) in [5, 5.41) is 11.8. The van der Waals surface area contributed by atoms with Gasteiger partial charge >= 0.3 is 0 Å². The molecule has 1 atom stereocenters. The van der Waals surface area contributed by atoms with Gasteiger partial charge in [0.25, 0.3) is 0 Å². The average Bonchev–Trinajstić information content (AvgIpc) is 2.41. The molecule has 0 radical (unpaired) electrons. The Morgan fingerprint density at radius 1 is 1.60 bits per heavy atom. The van der Waals surface area contributed by atoms with Crippen molar-refractivity contribution in [1.82, 2.24) is 5.32 Å². The minimum absolute atomic E-state index is 0.183. The fraction of sp³-hybridized carbons (Fsp3) is 0.364. The zero-order chi connectivity index (χ0) is 10.8. The van der Waals surface area contributed by atoms with Gasteiger partial charge in [-0.1, -0.05) is 0 Å². The van der Waals surface area contributed by atoms with E-state index in [-0.39, 0.29) is 11.9 Å². The SMILES string of the molecule is C[C@H]1COc2cc(C#N)cc(F)c2CN1. The first-order valence-electron chi connectivity index (χ1n) is 4.79. The average molecular weight is 206 g/mol. The summed E-state index contributed by atoms with van der Waals surface area (Å²) in [7, 11) is 0. The molecule has 0 fully saturated rings. The molecule has 1 heterocycles. The lowest BCUT2D eigenvalue weighted by molar-refractivity contribution is 0.287. The summed E-state index contributed by atoms with van der Waals surface area (Å²) in [6.07, 6.45) is 0. The molecule has 2 rings (SSSR count). The van der Waals surface area contributed by atoms with Crippen molar-refractivity contribution in [1.29, 1.82) is 5.26 Å². The predicted octanol–water partition coefficient (Wildman–Crippen LogP) is 1.57. The van der Waals surface area contributed by atoms with Crippen molar-refractivity contribution >= 4 is 0 Å². The molecule has 78 valence electrons. The zero-order valence-electron chi connectivity index (χ0n) is 8.38. The number of halogens is 1. The Labute approximate surface area is 87.5 Å². The standard InChI is InChI=1S/C11H11FN2O/c1-7-6-15-11-3-8(4-13)2-10(12)9(11)5-14-7/h2-3,7,14H,5-6H2,1H3/t7-/m0/s1. The number of nitriles is 1. The molecule has 1 N–H and O–H groups in total. The molecule has 0 spiro atoms. The number of nitrogens with zero attached hydrogens (tertiary/aromatic N) is 1. The van der Waals surface area contributed by atoms with Crippen molar-refractivity contribution in [2.75, 3.05) is 6.61 Å². The Bertz CT molecular complexity index is 425. The van der Waals surface area contributed by atoms with Crippen LogP contribution in [0.15, 0.2) is 12.1 Å². The van der Waals surface area contributed by atoms with Gasteiger partial charge in [-0.3, -0.25) is 0 Å². The smallest absolute Gasteiger partial charge is 0.132 e. The molecule has 15 heavy (non-hydrogen) atoms. The second-order valence-corrected chi connectivity index (χ2v) is 3.64. The molecule has 0 aliphatic carbocycles. The van der Waals surface area contributed by atoms with Crippen molar-refractivity contribution in [3.8, 4) is 11.8 Å². The number of hydrogen-bond acceptors (Lipinski definition) is 3. The molecule has 0 bridgehead atoms. The third kappa shape index (κ3) is 1.92. The highest BCUT2D eigenvalue weighted by atomic mass is 19.1. The maximum atomic E-state index is 13.6. The van der Waals surface area contributed by atoms with Crippen LogP contribution in [0.2, 0.25) is 0 Å². The highest BCUT2D eigenvalue weighted by Gasteiger charge is 2.17. The van der Waals surface area contributed by atoms with Crippen LogP contribution in [0.25, 0.3) is 0 Å². The third-order valence-corrected chi connectivity index (χ3v) is 2.40. The van der Waals surface area contributed by atoms with E-state index in [1.54, 1.807) is 6.07 Å². The topological polar surface area (TPSA) is 45.0 Å². The number of ether oxygens (including phenoxy) is 1. The Balaban J connectivity index is 2.44. The van der Waals surface area contributed by atoms with Gasteiger partial charge in [0.15, 0.2) is 0 Å². The quantitative estimate of drug-likeness (QED) is 0.700. The molecular formula is C11H11FN2O. The maximum absolute atomic E-state index is 13.6. The van der Waals surface area contributed by atoms with E-state index in [0.717, 1.165) is 0 Å². The van der Waals surface area contributed by atoms with E-state index >= 15 is 0 Å². The van der Waals surface area contributed by atoms with Crippen molar-refractivity contribution in [2.45, 2.75) is 19.5 Å². The van der Waals surface area contributed by atoms with Crippen LogP contribution < -0.4 is 10.1 Å². The lowest BCUT2D eigenvalue weighted by Gasteiger charge is -2.08. The summed E-state index contributed by atoms with van der Waals surface area (Å²) in [6.45, 7) is 2.89. The molecular weight excluding hydrogens is 195 g/mol. The van der Waals surface area contributed by atoms with Crippen LogP contribution in [-0.4, -0.2) is 12.6 Å². The van der Waals surface area contributed by atoms with Crippen LogP contribution >= 0.6 is 0 Å². The lowest BCUT2D eigenvalue weighted by Crippen LogP contribution is -2.28. The summed E-state index contributed by atoms with van der Waals surface area (Å²) in [5.74, 6) is 0.0917. The van der Waals surface area contributed by atoms with E-state index in [0.29, 0.717) is 30.0 Å². The molecule has 3 nitrogen and oxygen atoms in total. The minimum atomic E-state index is -0.384. The van der Waals surface area contributed by atoms with E-state index in [1.807, 2.05) is 13.0 Å². The molecule has 1 aromatic carbocycles. The van der Waals surface area contributed by atoms with Gasteiger partial charge in [0.05, 0.1) is 11.6 Å². The number of benzene rings is 1. The Hall–Kier alpha value is -1.60. The molecule has 0 aromatic heterocycles. The summed E-state index contributed by atoms with van der Waals surface area (Å²) >= 11 is 0. The Morgan fingerprint density at radius 2 is 2.40 bits per heavy atom. The van der Waals surface area contributed by atoms with Crippen molar-refractivity contribution in [2.24, 2.45) is 0 Å². The van der Waals surface area contributed by atoms with E-state index in [2.05, 4.69) is 5.32 Å². The van der Waals surface area contributed by atoms with E-state index in [4.69, 9.17) is 10.00 Å². The van der Waals surface area contributed by atoms with Gasteiger partial charge in [-0.05, 0) is 19.1 Å². The van der Waals surface area contributed by atoms with Gasteiger partial charge in [-0.25, -0.2) is 4.39 Å². The van der Waals surface area contributed by atoms with Gasteiger partial charge in [0.2, 0.25) is 0 Å². The minimum Gasteiger partial charge on any atom is -0.491 e. The Morgan fingerprint density at radius 3 is 3.13 bits per heavy atom. The highest BCUT2D eigenvalue weighted by molar-refractivity contribution is 5.44. The molecule has 0 saturated heterocycles. The second kappa shape index (κ2) is 3.87. The van der Waals surface area contributed by atoms with E-state index in [1.165, 1.54) is 6.07 Å². The van der Waals surface area contributed by atoms with Gasteiger partial charge in [0, 0.05) is 18.2 Å². The summed E-state index contributed by atoms with van der Waals surface area (Å²) in [5.41, 5.74) is 0.791. The normalized spacial score (nSPS) is 19.7. The van der Waals surface area contributed by atoms with Crippen molar-refractivity contribution in [3.05, 3.63) is 29.1 Å². The van der Waals surface area contributed by atoms with Crippen molar-refractivity contribution < 1.29 is 9.13 Å². The Kier molecular flexibility index (Phi) is 2.57. The maximum Gasteiger partial charge on any atom is 0.132 e. The van der Waals surface area contributed by atoms with Crippen LogP contribution in [0.3, 0.4) is 0 Å². The monoisotopic (exact) mass is 206 g/mol. The first-order valence-corrected chi connectivity index (χ1v) is 4.79. The van der Waals surface area contributed by atoms with Gasteiger partial charge in [-0.15, -0.1) is 0 Å². The fourth-order valence-corrected chi connectivity index (χ4v) is 1.53. The predicted molar refractivity (Wildman–Crippen MR) is 52.9 cm³/mol. The molecule has 0 saturated carbocycles. The van der Waals surface area contributed by atoms with Crippen LogP contribution in [0, 0.1) is 17.1 Å². The van der Waals surface area contributed by atoms with E-state index < -0.39 is 0 Å². The summed E-state index contributed by atoms with van der Waals surface area (Å²) < 4.78 is 19.0. The van der Waals surface area contributed by atoms with Gasteiger partial charge in [-0.2, -0.15) is 5.26 Å². The summed E-state index contributed by atoms with van der Waals surface area (Å²) in [4.78, 5) is 0. The molecule has 1 aromatic rings. The number of rotatable bonds is 0. The van der Waals surface area contributed by atoms with Crippen LogP contribution in [0.1, 0.15) is 18.1 Å². The highest BCUT2D eigenvalue weighted by Crippen LogP contribution is 2.25. The molecule has 1 aliphatic heterocycles.